The first kappa shape index (κ1) is 16.5. The molecule has 122 valence electrons. The molecule has 2 aromatic carbocycles. The van der Waals surface area contributed by atoms with E-state index in [2.05, 4.69) is 10.1 Å². The number of esters is 1. The van der Waals surface area contributed by atoms with Gasteiger partial charge in [-0.2, -0.15) is 4.98 Å². The minimum atomic E-state index is -0.341. The van der Waals surface area contributed by atoms with Crippen molar-refractivity contribution in [3.63, 3.8) is 0 Å². The third-order valence-electron chi connectivity index (χ3n) is 3.01. The SMILES string of the molecule is O=C(CSc1ccccc1)OCc1nc(-c2cccc(Cl)c2)no1. The molecule has 0 aliphatic carbocycles. The summed E-state index contributed by atoms with van der Waals surface area (Å²) in [5.74, 6) is 0.524. The molecule has 0 aliphatic heterocycles. The van der Waals surface area contributed by atoms with E-state index in [1.807, 2.05) is 36.4 Å². The Balaban J connectivity index is 1.51. The van der Waals surface area contributed by atoms with E-state index in [1.54, 1.807) is 18.2 Å². The van der Waals surface area contributed by atoms with Crippen LogP contribution in [-0.2, 0) is 16.1 Å². The van der Waals surface area contributed by atoms with Gasteiger partial charge in [0.05, 0.1) is 5.75 Å². The summed E-state index contributed by atoms with van der Waals surface area (Å²) in [6.45, 7) is -0.0538. The molecule has 0 N–H and O–H groups in total. The summed E-state index contributed by atoms with van der Waals surface area (Å²) in [6.07, 6.45) is 0. The highest BCUT2D eigenvalue weighted by Gasteiger charge is 2.11. The summed E-state index contributed by atoms with van der Waals surface area (Å²) in [4.78, 5) is 17.0. The zero-order valence-corrected chi connectivity index (χ0v) is 14.1. The summed E-state index contributed by atoms with van der Waals surface area (Å²) in [5.41, 5.74) is 0.739. The van der Waals surface area contributed by atoms with Crippen molar-refractivity contribution < 1.29 is 14.1 Å². The average molecular weight is 361 g/mol. The highest BCUT2D eigenvalue weighted by molar-refractivity contribution is 8.00. The van der Waals surface area contributed by atoms with Crippen LogP contribution in [0.5, 0.6) is 0 Å². The topological polar surface area (TPSA) is 65.2 Å². The largest absolute Gasteiger partial charge is 0.455 e. The van der Waals surface area contributed by atoms with Crippen molar-refractivity contribution in [1.29, 1.82) is 0 Å². The van der Waals surface area contributed by atoms with Gasteiger partial charge in [-0.1, -0.05) is 47.1 Å². The van der Waals surface area contributed by atoms with Crippen LogP contribution in [0.3, 0.4) is 0 Å². The van der Waals surface area contributed by atoms with Crippen molar-refractivity contribution in [2.24, 2.45) is 0 Å². The molecule has 3 aromatic rings. The lowest BCUT2D eigenvalue weighted by molar-refractivity contribution is -0.142. The molecule has 0 saturated heterocycles. The minimum absolute atomic E-state index is 0.0538. The van der Waals surface area contributed by atoms with Crippen LogP contribution in [0.2, 0.25) is 5.02 Å². The fourth-order valence-corrected chi connectivity index (χ4v) is 2.81. The Hall–Kier alpha value is -2.31. The first-order chi connectivity index (χ1) is 11.7. The summed E-state index contributed by atoms with van der Waals surface area (Å²) in [5, 5.41) is 4.44. The second kappa shape index (κ2) is 7.99. The number of halogens is 1. The predicted molar refractivity (Wildman–Crippen MR) is 91.7 cm³/mol. The Morgan fingerprint density at radius 3 is 2.79 bits per heavy atom. The minimum Gasteiger partial charge on any atom is -0.455 e. The molecule has 0 aliphatic rings. The third kappa shape index (κ3) is 4.59. The summed E-state index contributed by atoms with van der Waals surface area (Å²) < 4.78 is 10.2. The molecule has 7 heteroatoms. The van der Waals surface area contributed by atoms with Gasteiger partial charge in [-0.3, -0.25) is 4.79 Å². The lowest BCUT2D eigenvalue weighted by Crippen LogP contribution is -2.07. The zero-order valence-electron chi connectivity index (χ0n) is 12.5. The van der Waals surface area contributed by atoms with Gasteiger partial charge in [0.2, 0.25) is 5.82 Å². The van der Waals surface area contributed by atoms with Crippen LogP contribution in [0.15, 0.2) is 64.0 Å². The second-order valence-corrected chi connectivity index (χ2v) is 6.27. The highest BCUT2D eigenvalue weighted by atomic mass is 35.5. The predicted octanol–water partition coefficient (Wildman–Crippen LogP) is 4.23. The number of nitrogens with zero attached hydrogens (tertiary/aromatic N) is 2. The van der Waals surface area contributed by atoms with E-state index in [0.717, 1.165) is 10.5 Å². The number of carbonyl (C=O) groups is 1. The Kier molecular flexibility index (Phi) is 5.51. The Bertz CT molecular complexity index is 823. The summed E-state index contributed by atoms with van der Waals surface area (Å²) in [7, 11) is 0. The number of thioether (sulfide) groups is 1. The van der Waals surface area contributed by atoms with E-state index in [1.165, 1.54) is 11.8 Å². The second-order valence-electron chi connectivity index (χ2n) is 4.78. The quantitative estimate of drug-likeness (QED) is 0.484. The van der Waals surface area contributed by atoms with E-state index in [4.69, 9.17) is 20.9 Å². The summed E-state index contributed by atoms with van der Waals surface area (Å²) in [6, 6.07) is 16.8. The molecule has 0 saturated carbocycles. The molecule has 0 unspecified atom stereocenters. The molecular formula is C17H13ClN2O3S. The van der Waals surface area contributed by atoms with Crippen molar-refractivity contribution in [3.05, 3.63) is 65.5 Å². The maximum absolute atomic E-state index is 11.8. The first-order valence-electron chi connectivity index (χ1n) is 7.13. The van der Waals surface area contributed by atoms with Gasteiger partial charge in [0.1, 0.15) is 0 Å². The van der Waals surface area contributed by atoms with Crippen LogP contribution in [0.1, 0.15) is 5.89 Å². The number of aromatic nitrogens is 2. The number of benzene rings is 2. The molecule has 0 spiro atoms. The van der Waals surface area contributed by atoms with Crippen molar-refractivity contribution in [3.8, 4) is 11.4 Å². The smallest absolute Gasteiger partial charge is 0.316 e. The fraction of sp³-hybridized carbons (Fsp3) is 0.118. The van der Waals surface area contributed by atoms with E-state index in [-0.39, 0.29) is 24.2 Å². The number of hydrogen-bond donors (Lipinski definition) is 0. The Morgan fingerprint density at radius 2 is 2.00 bits per heavy atom. The molecule has 0 atom stereocenters. The van der Waals surface area contributed by atoms with Gasteiger partial charge in [-0.25, -0.2) is 0 Å². The van der Waals surface area contributed by atoms with Gasteiger partial charge in [0.25, 0.3) is 5.89 Å². The number of rotatable bonds is 6. The van der Waals surface area contributed by atoms with Crippen LogP contribution >= 0.6 is 23.4 Å². The van der Waals surface area contributed by atoms with Crippen molar-refractivity contribution in [1.82, 2.24) is 10.1 Å². The summed E-state index contributed by atoms with van der Waals surface area (Å²) >= 11 is 7.34. The van der Waals surface area contributed by atoms with E-state index < -0.39 is 0 Å². The fourth-order valence-electron chi connectivity index (χ4n) is 1.90. The zero-order chi connectivity index (χ0) is 16.8. The van der Waals surface area contributed by atoms with E-state index >= 15 is 0 Å². The van der Waals surface area contributed by atoms with Crippen molar-refractivity contribution >= 4 is 29.3 Å². The van der Waals surface area contributed by atoms with Gasteiger partial charge in [-0.15, -0.1) is 11.8 Å². The van der Waals surface area contributed by atoms with Crippen LogP contribution in [0.25, 0.3) is 11.4 Å². The average Bonchev–Trinajstić information content (AvgIpc) is 3.08. The molecule has 1 heterocycles. The van der Waals surface area contributed by atoms with Crippen LogP contribution in [-0.4, -0.2) is 21.9 Å². The molecular weight excluding hydrogens is 348 g/mol. The van der Waals surface area contributed by atoms with Gasteiger partial charge < -0.3 is 9.26 Å². The molecule has 3 rings (SSSR count). The Labute approximate surface area is 148 Å². The first-order valence-corrected chi connectivity index (χ1v) is 8.49. The molecule has 0 fully saturated rings. The number of hydrogen-bond acceptors (Lipinski definition) is 6. The van der Waals surface area contributed by atoms with Crippen LogP contribution in [0, 0.1) is 0 Å². The van der Waals surface area contributed by atoms with E-state index in [0.29, 0.717) is 10.8 Å². The Morgan fingerprint density at radius 1 is 1.17 bits per heavy atom. The molecule has 5 nitrogen and oxygen atoms in total. The van der Waals surface area contributed by atoms with Gasteiger partial charge in [-0.05, 0) is 24.3 Å². The standard InChI is InChI=1S/C17H13ClN2O3S/c18-13-6-4-5-12(9-13)17-19-15(23-20-17)10-22-16(21)11-24-14-7-2-1-3-8-14/h1-9H,10-11H2. The van der Waals surface area contributed by atoms with Gasteiger partial charge in [0, 0.05) is 15.5 Å². The molecule has 0 radical (unpaired) electrons. The lowest BCUT2D eigenvalue weighted by atomic mass is 10.2. The molecule has 24 heavy (non-hydrogen) atoms. The normalized spacial score (nSPS) is 10.5. The molecule has 1 aromatic heterocycles. The highest BCUT2D eigenvalue weighted by Crippen LogP contribution is 2.20. The van der Waals surface area contributed by atoms with Gasteiger partial charge >= 0.3 is 5.97 Å². The third-order valence-corrected chi connectivity index (χ3v) is 4.23. The number of ether oxygens (including phenoxy) is 1. The monoisotopic (exact) mass is 360 g/mol. The maximum atomic E-state index is 11.8. The van der Waals surface area contributed by atoms with Crippen molar-refractivity contribution in [2.75, 3.05) is 5.75 Å². The maximum Gasteiger partial charge on any atom is 0.316 e. The van der Waals surface area contributed by atoms with Crippen LogP contribution < -0.4 is 0 Å². The van der Waals surface area contributed by atoms with Crippen molar-refractivity contribution in [2.45, 2.75) is 11.5 Å². The van der Waals surface area contributed by atoms with E-state index in [9.17, 15) is 4.79 Å². The number of carbonyl (C=O) groups excluding carboxylic acids is 1. The van der Waals surface area contributed by atoms with Gasteiger partial charge in [0.15, 0.2) is 6.61 Å². The van der Waals surface area contributed by atoms with Crippen LogP contribution in [0.4, 0.5) is 0 Å². The lowest BCUT2D eigenvalue weighted by Gasteiger charge is -2.02. The molecule has 0 amide bonds. The molecule has 0 bridgehead atoms.